The summed E-state index contributed by atoms with van der Waals surface area (Å²) in [5, 5.41) is 8.44. The number of halogens is 4. The fourth-order valence-electron chi connectivity index (χ4n) is 1.30. The molecule has 0 heterocycles. The minimum absolute atomic E-state index is 0.456. The quantitative estimate of drug-likeness (QED) is 0.810. The Hall–Kier alpha value is -1.63. The van der Waals surface area contributed by atoms with Gasteiger partial charge in [-0.3, -0.25) is 4.79 Å². The van der Waals surface area contributed by atoms with Crippen LogP contribution in [-0.4, -0.2) is 11.1 Å². The molecule has 17 heavy (non-hydrogen) atoms. The summed E-state index contributed by atoms with van der Waals surface area (Å²) in [6, 6.07) is 0.421. The summed E-state index contributed by atoms with van der Waals surface area (Å²) in [7, 11) is 0. The summed E-state index contributed by atoms with van der Waals surface area (Å²) in [4.78, 5) is 10.4. The summed E-state index contributed by atoms with van der Waals surface area (Å²) < 4.78 is 50.3. The van der Waals surface area contributed by atoms with Crippen molar-refractivity contribution in [3.8, 4) is 0 Å². The van der Waals surface area contributed by atoms with Gasteiger partial charge in [-0.2, -0.15) is 13.2 Å². The Balaban J connectivity index is 3.10. The molecule has 7 heteroatoms. The van der Waals surface area contributed by atoms with E-state index in [-0.39, 0.29) is 0 Å². The molecule has 0 aliphatic rings. The average molecular weight is 251 g/mol. The predicted octanol–water partition coefficient (Wildman–Crippen LogP) is 2.32. The summed E-state index contributed by atoms with van der Waals surface area (Å²) in [5.74, 6) is -2.26. The van der Waals surface area contributed by atoms with Gasteiger partial charge in [0, 0.05) is 11.6 Å². The lowest BCUT2D eigenvalue weighted by Crippen LogP contribution is -2.17. The van der Waals surface area contributed by atoms with E-state index in [1.807, 2.05) is 0 Å². The van der Waals surface area contributed by atoms with Gasteiger partial charge in [0.15, 0.2) is 0 Å². The van der Waals surface area contributed by atoms with Crippen LogP contribution in [0.15, 0.2) is 18.2 Å². The first-order chi connectivity index (χ1) is 7.71. The van der Waals surface area contributed by atoms with E-state index in [0.29, 0.717) is 18.2 Å². The lowest BCUT2D eigenvalue weighted by Gasteiger charge is -2.13. The molecule has 0 aromatic heterocycles. The van der Waals surface area contributed by atoms with Crippen molar-refractivity contribution in [2.75, 3.05) is 0 Å². The maximum atomic E-state index is 13.2. The Morgan fingerprint density at radius 1 is 1.41 bits per heavy atom. The molecule has 1 unspecified atom stereocenters. The van der Waals surface area contributed by atoms with E-state index in [2.05, 4.69) is 0 Å². The zero-order valence-electron chi connectivity index (χ0n) is 8.46. The van der Waals surface area contributed by atoms with Crippen molar-refractivity contribution in [3.63, 3.8) is 0 Å². The topological polar surface area (TPSA) is 63.3 Å². The van der Waals surface area contributed by atoms with Crippen molar-refractivity contribution in [3.05, 3.63) is 35.1 Å². The van der Waals surface area contributed by atoms with Crippen LogP contribution in [0, 0.1) is 5.82 Å². The van der Waals surface area contributed by atoms with Crippen LogP contribution in [0.2, 0.25) is 0 Å². The van der Waals surface area contributed by atoms with Crippen molar-refractivity contribution >= 4 is 5.97 Å². The molecule has 0 aliphatic heterocycles. The number of alkyl halides is 3. The minimum Gasteiger partial charge on any atom is -0.481 e. The Morgan fingerprint density at radius 3 is 2.47 bits per heavy atom. The van der Waals surface area contributed by atoms with Gasteiger partial charge in [-0.05, 0) is 18.2 Å². The molecule has 1 rings (SSSR count). The highest BCUT2D eigenvalue weighted by Crippen LogP contribution is 2.31. The molecule has 0 saturated carbocycles. The molecule has 0 aliphatic carbocycles. The van der Waals surface area contributed by atoms with E-state index >= 15 is 0 Å². The Kier molecular flexibility index (Phi) is 3.72. The monoisotopic (exact) mass is 251 g/mol. The standard InChI is InChI=1S/C10H9F4NO2/c11-7-2-1-5(10(12,13)14)3-6(7)8(15)4-9(16)17/h1-3,8H,4,15H2,(H,16,17). The molecule has 0 fully saturated rings. The first-order valence-corrected chi connectivity index (χ1v) is 4.56. The van der Waals surface area contributed by atoms with Crippen molar-refractivity contribution in [1.82, 2.24) is 0 Å². The third-order valence-electron chi connectivity index (χ3n) is 2.12. The number of aliphatic carboxylic acids is 1. The van der Waals surface area contributed by atoms with Crippen LogP contribution in [0.4, 0.5) is 17.6 Å². The third kappa shape index (κ3) is 3.42. The highest BCUT2D eigenvalue weighted by molar-refractivity contribution is 5.67. The van der Waals surface area contributed by atoms with Crippen LogP contribution in [0.5, 0.6) is 0 Å². The van der Waals surface area contributed by atoms with E-state index < -0.39 is 41.6 Å². The molecular formula is C10H9F4NO2. The number of rotatable bonds is 3. The van der Waals surface area contributed by atoms with Gasteiger partial charge in [-0.1, -0.05) is 0 Å². The first kappa shape index (κ1) is 13.4. The number of hydrogen-bond donors (Lipinski definition) is 2. The molecule has 0 saturated heterocycles. The minimum atomic E-state index is -4.62. The van der Waals surface area contributed by atoms with Gasteiger partial charge in [0.2, 0.25) is 0 Å². The lowest BCUT2D eigenvalue weighted by molar-refractivity contribution is -0.138. The Labute approximate surface area is 93.8 Å². The summed E-state index contributed by atoms with van der Waals surface area (Å²) in [6.45, 7) is 0. The maximum absolute atomic E-state index is 13.2. The molecule has 1 aromatic carbocycles. The molecule has 3 N–H and O–H groups in total. The number of benzene rings is 1. The zero-order valence-corrected chi connectivity index (χ0v) is 8.46. The second-order valence-corrected chi connectivity index (χ2v) is 3.44. The molecule has 0 bridgehead atoms. The SMILES string of the molecule is NC(CC(=O)O)c1cc(C(F)(F)F)ccc1F. The van der Waals surface area contributed by atoms with Crippen molar-refractivity contribution < 1.29 is 27.5 Å². The van der Waals surface area contributed by atoms with Crippen molar-refractivity contribution in [2.24, 2.45) is 5.73 Å². The predicted molar refractivity (Wildman–Crippen MR) is 50.6 cm³/mol. The van der Waals surface area contributed by atoms with Crippen LogP contribution < -0.4 is 5.73 Å². The normalized spacial score (nSPS) is 13.5. The number of carboxylic acid groups (broad SMARTS) is 1. The highest BCUT2D eigenvalue weighted by Gasteiger charge is 2.31. The lowest BCUT2D eigenvalue weighted by atomic mass is 10.0. The Morgan fingerprint density at radius 2 is 2.00 bits per heavy atom. The van der Waals surface area contributed by atoms with Crippen LogP contribution in [0.3, 0.4) is 0 Å². The smallest absolute Gasteiger partial charge is 0.416 e. The summed E-state index contributed by atoms with van der Waals surface area (Å²) in [5.41, 5.74) is 3.80. The first-order valence-electron chi connectivity index (χ1n) is 4.56. The third-order valence-corrected chi connectivity index (χ3v) is 2.12. The van der Waals surface area contributed by atoms with E-state index in [1.54, 1.807) is 0 Å². The largest absolute Gasteiger partial charge is 0.481 e. The Bertz CT molecular complexity index is 431. The molecule has 0 amide bonds. The molecule has 94 valence electrons. The maximum Gasteiger partial charge on any atom is 0.416 e. The van der Waals surface area contributed by atoms with E-state index in [1.165, 1.54) is 0 Å². The van der Waals surface area contributed by atoms with Gasteiger partial charge < -0.3 is 10.8 Å². The molecule has 3 nitrogen and oxygen atoms in total. The van der Waals surface area contributed by atoms with Crippen LogP contribution in [0.25, 0.3) is 0 Å². The van der Waals surface area contributed by atoms with E-state index in [9.17, 15) is 22.4 Å². The number of hydrogen-bond acceptors (Lipinski definition) is 2. The molecular weight excluding hydrogens is 242 g/mol. The van der Waals surface area contributed by atoms with Gasteiger partial charge in [0.25, 0.3) is 0 Å². The average Bonchev–Trinajstić information content (AvgIpc) is 2.15. The van der Waals surface area contributed by atoms with Crippen molar-refractivity contribution in [1.29, 1.82) is 0 Å². The number of nitrogens with two attached hydrogens (primary N) is 1. The fourth-order valence-corrected chi connectivity index (χ4v) is 1.30. The van der Waals surface area contributed by atoms with Crippen LogP contribution in [0.1, 0.15) is 23.6 Å². The fraction of sp³-hybridized carbons (Fsp3) is 0.300. The number of carboxylic acids is 1. The van der Waals surface area contributed by atoms with E-state index in [0.717, 1.165) is 0 Å². The summed E-state index contributed by atoms with van der Waals surface area (Å²) in [6.07, 6.45) is -5.26. The highest BCUT2D eigenvalue weighted by atomic mass is 19.4. The van der Waals surface area contributed by atoms with Gasteiger partial charge in [0.1, 0.15) is 5.82 Å². The van der Waals surface area contributed by atoms with Crippen molar-refractivity contribution in [2.45, 2.75) is 18.6 Å². The van der Waals surface area contributed by atoms with E-state index in [4.69, 9.17) is 10.8 Å². The summed E-state index contributed by atoms with van der Waals surface area (Å²) >= 11 is 0. The van der Waals surface area contributed by atoms with Crippen LogP contribution >= 0.6 is 0 Å². The van der Waals surface area contributed by atoms with Gasteiger partial charge in [-0.25, -0.2) is 4.39 Å². The molecule has 1 atom stereocenters. The molecule has 0 spiro atoms. The van der Waals surface area contributed by atoms with Crippen LogP contribution in [-0.2, 0) is 11.0 Å². The second-order valence-electron chi connectivity index (χ2n) is 3.44. The molecule has 0 radical (unpaired) electrons. The van der Waals surface area contributed by atoms with Gasteiger partial charge in [-0.15, -0.1) is 0 Å². The van der Waals surface area contributed by atoms with Gasteiger partial charge >= 0.3 is 12.1 Å². The second kappa shape index (κ2) is 4.70. The number of carbonyl (C=O) groups is 1. The molecule has 1 aromatic rings. The zero-order chi connectivity index (χ0) is 13.2. The van der Waals surface area contributed by atoms with Gasteiger partial charge in [0.05, 0.1) is 12.0 Å².